The van der Waals surface area contributed by atoms with Crippen molar-refractivity contribution >= 4 is 17.4 Å². The minimum atomic E-state index is -4.68. The molecule has 1 aromatic carbocycles. The van der Waals surface area contributed by atoms with Crippen molar-refractivity contribution in [2.24, 2.45) is 0 Å². The molecule has 0 saturated heterocycles. The highest BCUT2D eigenvalue weighted by Crippen LogP contribution is 2.31. The highest BCUT2D eigenvalue weighted by molar-refractivity contribution is 6.03. The average Bonchev–Trinajstić information content (AvgIpc) is 2.88. The van der Waals surface area contributed by atoms with Crippen LogP contribution in [0, 0.1) is 6.92 Å². The maximum Gasteiger partial charge on any atom is 0.418 e. The fourth-order valence-electron chi connectivity index (χ4n) is 3.47. The Morgan fingerprint density at radius 3 is 2.37 bits per heavy atom. The Labute approximate surface area is 212 Å². The van der Waals surface area contributed by atoms with Gasteiger partial charge in [-0.3, -0.25) is 9.78 Å². The molecule has 1 amide bonds. The number of aromatic nitrogens is 4. The number of pyridine rings is 2. The van der Waals surface area contributed by atoms with Crippen LogP contribution in [0.4, 0.5) is 37.8 Å². The van der Waals surface area contributed by atoms with Crippen LogP contribution in [0.1, 0.15) is 21.6 Å². The summed E-state index contributed by atoms with van der Waals surface area (Å²) in [5.74, 6) is -0.838. The van der Waals surface area contributed by atoms with E-state index in [0.717, 1.165) is 5.56 Å². The smallest absolute Gasteiger partial charge is 0.361 e. The van der Waals surface area contributed by atoms with E-state index in [1.165, 1.54) is 18.5 Å². The van der Waals surface area contributed by atoms with Crippen molar-refractivity contribution in [2.75, 3.05) is 17.2 Å². The summed E-state index contributed by atoms with van der Waals surface area (Å²) < 4.78 is 76.5. The minimum absolute atomic E-state index is 0.0330. The van der Waals surface area contributed by atoms with Gasteiger partial charge in [0, 0.05) is 23.6 Å². The number of carbonyl (C=O) groups is 1. The SMILES string of the molecule is Cc1ccc(NC(=O)c2cc(C(F)(F)F)cnn2)cc1-c1ccnc(-c2ccnc(NCC(F)(F)F)c2)c1. The fourth-order valence-corrected chi connectivity index (χ4v) is 3.47. The Morgan fingerprint density at radius 1 is 0.895 bits per heavy atom. The van der Waals surface area contributed by atoms with Crippen LogP contribution in [0.25, 0.3) is 22.4 Å². The number of benzene rings is 1. The van der Waals surface area contributed by atoms with Gasteiger partial charge in [0.05, 0.1) is 17.5 Å². The van der Waals surface area contributed by atoms with Gasteiger partial charge in [-0.25, -0.2) is 4.98 Å². The Kier molecular flexibility index (Phi) is 7.28. The lowest BCUT2D eigenvalue weighted by Gasteiger charge is -2.12. The molecule has 13 heteroatoms. The predicted octanol–water partition coefficient (Wildman–Crippen LogP) is 6.15. The van der Waals surface area contributed by atoms with Gasteiger partial charge >= 0.3 is 12.4 Å². The second-order valence-electron chi connectivity index (χ2n) is 8.14. The first-order valence-electron chi connectivity index (χ1n) is 10.9. The molecule has 0 aliphatic heterocycles. The molecule has 0 bridgehead atoms. The minimum Gasteiger partial charge on any atom is -0.361 e. The first-order chi connectivity index (χ1) is 17.9. The molecule has 38 heavy (non-hydrogen) atoms. The number of halogens is 6. The number of hydrogen-bond acceptors (Lipinski definition) is 6. The van der Waals surface area contributed by atoms with Gasteiger partial charge in [-0.05, 0) is 66.1 Å². The number of nitrogens with zero attached hydrogens (tertiary/aromatic N) is 4. The molecule has 0 aliphatic carbocycles. The lowest BCUT2D eigenvalue weighted by Crippen LogP contribution is -2.21. The second kappa shape index (κ2) is 10.4. The van der Waals surface area contributed by atoms with Gasteiger partial charge in [0.2, 0.25) is 0 Å². The summed E-state index contributed by atoms with van der Waals surface area (Å²) in [5, 5.41) is 11.5. The van der Waals surface area contributed by atoms with Crippen LogP contribution >= 0.6 is 0 Å². The number of carbonyl (C=O) groups excluding carboxylic acids is 1. The predicted molar refractivity (Wildman–Crippen MR) is 127 cm³/mol. The zero-order valence-corrected chi connectivity index (χ0v) is 19.5. The van der Waals surface area contributed by atoms with E-state index in [9.17, 15) is 31.1 Å². The van der Waals surface area contributed by atoms with Crippen molar-refractivity contribution in [1.82, 2.24) is 20.2 Å². The molecule has 0 radical (unpaired) electrons. The zero-order valence-electron chi connectivity index (χ0n) is 19.5. The van der Waals surface area contributed by atoms with Crippen LogP contribution < -0.4 is 10.6 Å². The maximum absolute atomic E-state index is 12.9. The zero-order chi connectivity index (χ0) is 27.5. The van der Waals surface area contributed by atoms with Crippen LogP contribution in [0.15, 0.2) is 67.1 Å². The van der Waals surface area contributed by atoms with Gasteiger partial charge in [0.1, 0.15) is 12.4 Å². The molecule has 0 atom stereocenters. The van der Waals surface area contributed by atoms with Crippen LogP contribution in [0.3, 0.4) is 0 Å². The van der Waals surface area contributed by atoms with Crippen molar-refractivity contribution in [3.8, 4) is 22.4 Å². The molecule has 196 valence electrons. The van der Waals surface area contributed by atoms with E-state index in [4.69, 9.17) is 0 Å². The highest BCUT2D eigenvalue weighted by atomic mass is 19.4. The van der Waals surface area contributed by atoms with Crippen LogP contribution in [0.2, 0.25) is 0 Å². The Balaban J connectivity index is 1.58. The van der Waals surface area contributed by atoms with Gasteiger partial charge in [-0.15, -0.1) is 5.10 Å². The second-order valence-corrected chi connectivity index (χ2v) is 8.14. The molecule has 4 rings (SSSR count). The van der Waals surface area contributed by atoms with E-state index in [2.05, 4.69) is 30.8 Å². The molecule has 3 heterocycles. The normalized spacial score (nSPS) is 11.8. The van der Waals surface area contributed by atoms with Gasteiger partial charge in [-0.2, -0.15) is 31.4 Å². The summed E-state index contributed by atoms with van der Waals surface area (Å²) in [6.07, 6.45) is -5.66. The number of anilines is 2. The van der Waals surface area contributed by atoms with E-state index < -0.39 is 36.1 Å². The average molecular weight is 532 g/mol. The van der Waals surface area contributed by atoms with Gasteiger partial charge in [0.25, 0.3) is 5.91 Å². The standard InChI is InChI=1S/C25H18F6N6O/c1-14-2-3-18(36-23(38)21-10-17(12-35-37-21)25(29,30)31)11-19(14)15-4-6-32-20(8-15)16-5-7-33-22(9-16)34-13-24(26,27)28/h2-12H,13H2,1H3,(H,33,34)(H,36,38). The van der Waals surface area contributed by atoms with E-state index >= 15 is 0 Å². The summed E-state index contributed by atoms with van der Waals surface area (Å²) in [5.41, 5.74) is 1.89. The van der Waals surface area contributed by atoms with Crippen LogP contribution in [0.5, 0.6) is 0 Å². The third kappa shape index (κ3) is 6.60. The van der Waals surface area contributed by atoms with E-state index in [0.29, 0.717) is 40.3 Å². The number of aryl methyl sites for hydroxylation is 1. The van der Waals surface area contributed by atoms with Gasteiger partial charge in [-0.1, -0.05) is 6.07 Å². The number of nitrogens with one attached hydrogen (secondary N) is 2. The molecular formula is C25H18F6N6O. The molecule has 0 saturated carbocycles. The van der Waals surface area contributed by atoms with Crippen molar-refractivity contribution < 1.29 is 31.1 Å². The van der Waals surface area contributed by atoms with E-state index in [-0.39, 0.29) is 5.82 Å². The molecule has 0 unspecified atom stereocenters. The Bertz CT molecular complexity index is 1470. The van der Waals surface area contributed by atoms with Gasteiger partial charge in [0.15, 0.2) is 5.69 Å². The molecule has 0 spiro atoms. The lowest BCUT2D eigenvalue weighted by molar-refractivity contribution is -0.138. The molecule has 4 aromatic rings. The first kappa shape index (κ1) is 26.5. The van der Waals surface area contributed by atoms with E-state index in [1.807, 2.05) is 6.92 Å². The number of hydrogen-bond donors (Lipinski definition) is 2. The Hall–Kier alpha value is -4.55. The third-order valence-electron chi connectivity index (χ3n) is 5.31. The highest BCUT2D eigenvalue weighted by Gasteiger charge is 2.32. The van der Waals surface area contributed by atoms with Crippen molar-refractivity contribution in [3.63, 3.8) is 0 Å². The summed E-state index contributed by atoms with van der Waals surface area (Å²) in [7, 11) is 0. The molecule has 2 N–H and O–H groups in total. The van der Waals surface area contributed by atoms with Gasteiger partial charge < -0.3 is 10.6 Å². The summed E-state index contributed by atoms with van der Waals surface area (Å²) in [6, 6.07) is 12.0. The van der Waals surface area contributed by atoms with Crippen LogP contribution in [-0.4, -0.2) is 38.8 Å². The topological polar surface area (TPSA) is 92.7 Å². The van der Waals surface area contributed by atoms with Crippen LogP contribution in [-0.2, 0) is 6.18 Å². The number of alkyl halides is 6. The first-order valence-corrected chi connectivity index (χ1v) is 10.9. The monoisotopic (exact) mass is 532 g/mol. The van der Waals surface area contributed by atoms with Crippen molar-refractivity contribution in [1.29, 1.82) is 0 Å². The quantitative estimate of drug-likeness (QED) is 0.289. The summed E-state index contributed by atoms with van der Waals surface area (Å²) in [4.78, 5) is 20.7. The molecular weight excluding hydrogens is 514 g/mol. The molecule has 0 fully saturated rings. The number of rotatable bonds is 6. The summed E-state index contributed by atoms with van der Waals surface area (Å²) >= 11 is 0. The summed E-state index contributed by atoms with van der Waals surface area (Å²) in [6.45, 7) is 0.589. The molecule has 3 aromatic heterocycles. The maximum atomic E-state index is 12.9. The lowest BCUT2D eigenvalue weighted by atomic mass is 9.99. The fraction of sp³-hybridized carbons (Fsp3) is 0.160. The van der Waals surface area contributed by atoms with E-state index in [1.54, 1.807) is 36.4 Å². The third-order valence-corrected chi connectivity index (χ3v) is 5.31. The molecule has 7 nitrogen and oxygen atoms in total. The number of amides is 1. The largest absolute Gasteiger partial charge is 0.418 e. The van der Waals surface area contributed by atoms with Crippen molar-refractivity contribution in [3.05, 3.63) is 83.9 Å². The van der Waals surface area contributed by atoms with Crippen molar-refractivity contribution in [2.45, 2.75) is 19.3 Å². The Morgan fingerprint density at radius 2 is 1.63 bits per heavy atom. The molecule has 0 aliphatic rings.